The maximum Gasteiger partial charge on any atom is 0.286 e. The van der Waals surface area contributed by atoms with Crippen LogP contribution in [0.2, 0.25) is 0 Å². The number of imidazole rings is 2. The number of aromatic nitrogens is 4. The molecule has 4 aromatic heterocycles. The molecule has 0 radical (unpaired) electrons. The molecule has 9 rings (SSSR count). The molecule has 352 valence electrons. The molecule has 0 aliphatic carbocycles. The fourth-order valence-electron chi connectivity index (χ4n) is 6.98. The summed E-state index contributed by atoms with van der Waals surface area (Å²) in [5.74, 6) is 1.67. The number of ether oxygens (including phenoxy) is 2. The van der Waals surface area contributed by atoms with Crippen molar-refractivity contribution in [2.75, 3.05) is 26.2 Å². The van der Waals surface area contributed by atoms with E-state index < -0.39 is 20.2 Å². The number of fused-ring (bicyclic) bond motifs is 2. The number of rotatable bonds is 12. The van der Waals surface area contributed by atoms with Crippen molar-refractivity contribution in [3.8, 4) is 11.5 Å². The average Bonchev–Trinajstić information content (AvgIpc) is 3.84. The fourth-order valence-corrected chi connectivity index (χ4v) is 7.91. The standard InChI is InChI=1S/C36H38N8O2.2C7H8O3S/c1-39-31(25-41-17-5-3-7-35(39)41)27-45-33-13-9-29(10-14-33)23-37-43-19-21-44(22-20-43)38-24-30-11-15-34(16-12-30)46-28-32-26-42-18-6-4-8-36(42)40(32)2;2*1-6-2-4-7(5-3-6)11(8,9)10/h3-18,23-26H,19-22,27-28H2,1-2H3;2*2-5H,1H3,(H,8,9,10)/q+2;;/p-2/b37-23-,38-24+;;. The molecule has 4 aromatic carbocycles. The van der Waals surface area contributed by atoms with Crippen LogP contribution >= 0.6 is 0 Å². The maximum absolute atomic E-state index is 10.4. The van der Waals surface area contributed by atoms with Gasteiger partial charge in [-0.3, -0.25) is 10.0 Å². The van der Waals surface area contributed by atoms with Crippen LogP contribution in [0.4, 0.5) is 0 Å². The van der Waals surface area contributed by atoms with Crippen molar-refractivity contribution >= 4 is 44.0 Å². The Labute approximate surface area is 396 Å². The van der Waals surface area contributed by atoms with E-state index in [0.717, 1.165) is 82.6 Å². The molecule has 8 aromatic rings. The van der Waals surface area contributed by atoms with Gasteiger partial charge in [-0.25, -0.2) is 34.8 Å². The average molecular weight is 957 g/mol. The number of hydrazone groups is 2. The van der Waals surface area contributed by atoms with Gasteiger partial charge in [-0.05, 0) is 110 Å². The van der Waals surface area contributed by atoms with Crippen LogP contribution in [0.5, 0.6) is 11.5 Å². The lowest BCUT2D eigenvalue weighted by Crippen LogP contribution is -2.41. The molecule has 68 heavy (non-hydrogen) atoms. The Morgan fingerprint density at radius 3 is 1.21 bits per heavy atom. The minimum Gasteiger partial charge on any atom is -0.744 e. The fraction of sp³-hybridized carbons (Fsp3) is 0.200. The normalized spacial score (nSPS) is 13.1. The lowest BCUT2D eigenvalue weighted by Gasteiger charge is -2.31. The molecule has 16 nitrogen and oxygen atoms in total. The van der Waals surface area contributed by atoms with Gasteiger partial charge in [-0.1, -0.05) is 47.5 Å². The van der Waals surface area contributed by atoms with Gasteiger partial charge in [0.2, 0.25) is 0 Å². The maximum atomic E-state index is 10.4. The van der Waals surface area contributed by atoms with Gasteiger partial charge < -0.3 is 18.6 Å². The van der Waals surface area contributed by atoms with Crippen molar-refractivity contribution in [2.45, 2.75) is 36.9 Å². The molecule has 0 amide bonds. The largest absolute Gasteiger partial charge is 0.744 e. The monoisotopic (exact) mass is 956 g/mol. The highest BCUT2D eigenvalue weighted by molar-refractivity contribution is 7.86. The summed E-state index contributed by atoms with van der Waals surface area (Å²) in [7, 11) is -4.42. The molecule has 0 unspecified atom stereocenters. The third-order valence-corrected chi connectivity index (χ3v) is 12.7. The van der Waals surface area contributed by atoms with E-state index in [4.69, 9.17) is 19.7 Å². The molecule has 0 spiro atoms. The Bertz CT molecular complexity index is 3000. The van der Waals surface area contributed by atoms with Crippen molar-refractivity contribution in [1.82, 2.24) is 19.2 Å². The number of piperazine rings is 1. The summed E-state index contributed by atoms with van der Waals surface area (Å²) in [5, 5.41) is 13.6. The van der Waals surface area contributed by atoms with Crippen LogP contribution in [-0.2, 0) is 47.5 Å². The predicted molar refractivity (Wildman–Crippen MR) is 255 cm³/mol. The Morgan fingerprint density at radius 2 is 0.882 bits per heavy atom. The summed E-state index contributed by atoms with van der Waals surface area (Å²) in [6.07, 6.45) is 12.1. The highest BCUT2D eigenvalue weighted by atomic mass is 32.2. The van der Waals surface area contributed by atoms with Crippen molar-refractivity contribution in [2.24, 2.45) is 24.3 Å². The molecule has 0 N–H and O–H groups in total. The van der Waals surface area contributed by atoms with Crippen LogP contribution in [0.3, 0.4) is 0 Å². The Balaban J connectivity index is 0.000000254. The van der Waals surface area contributed by atoms with Crippen LogP contribution in [0.25, 0.3) is 11.3 Å². The first-order chi connectivity index (χ1) is 32.6. The summed E-state index contributed by atoms with van der Waals surface area (Å²) in [6, 6.07) is 40.0. The van der Waals surface area contributed by atoms with Gasteiger partial charge in [0.25, 0.3) is 11.3 Å². The summed E-state index contributed by atoms with van der Waals surface area (Å²) < 4.78 is 82.9. The molecule has 1 saturated heterocycles. The third kappa shape index (κ3) is 13.4. The number of pyridine rings is 2. The molecular weight excluding hydrogens is 905 g/mol. The molecule has 0 bridgehead atoms. The van der Waals surface area contributed by atoms with Crippen molar-refractivity contribution in [3.63, 3.8) is 0 Å². The molecule has 18 heteroatoms. The van der Waals surface area contributed by atoms with E-state index in [1.807, 2.05) is 111 Å². The minimum absolute atomic E-state index is 0.178. The summed E-state index contributed by atoms with van der Waals surface area (Å²) in [4.78, 5) is -0.355. The summed E-state index contributed by atoms with van der Waals surface area (Å²) >= 11 is 0. The minimum atomic E-state index is -4.27. The van der Waals surface area contributed by atoms with E-state index in [9.17, 15) is 25.9 Å². The number of nitrogens with zero attached hydrogens (tertiary/aromatic N) is 8. The SMILES string of the molecule is Cc1ccc(S(=O)(=O)[O-])cc1.Cc1ccc(S(=O)(=O)[O-])cc1.Cn1c(COc2ccc(/C=N\N3CCN(/N=C/c4ccc(OCc5c[n+]6ccccc6n5C)cc4)CC3)cc2)c[n+]2ccccc12. The number of hydrogen-bond acceptors (Lipinski definition) is 12. The zero-order valence-corrected chi connectivity index (χ0v) is 39.7. The number of aryl methyl sites for hydroxylation is 4. The van der Waals surface area contributed by atoms with E-state index in [1.165, 1.54) is 24.3 Å². The van der Waals surface area contributed by atoms with E-state index in [1.54, 1.807) is 24.3 Å². The van der Waals surface area contributed by atoms with Crippen LogP contribution < -0.4 is 18.3 Å². The van der Waals surface area contributed by atoms with Crippen LogP contribution in [0, 0.1) is 13.8 Å². The van der Waals surface area contributed by atoms with E-state index in [2.05, 4.69) is 66.6 Å². The second kappa shape index (κ2) is 21.9. The molecule has 1 aliphatic heterocycles. The van der Waals surface area contributed by atoms with E-state index >= 15 is 0 Å². The first-order valence-electron chi connectivity index (χ1n) is 21.6. The van der Waals surface area contributed by atoms with E-state index in [0.29, 0.717) is 13.2 Å². The number of benzene rings is 4. The smallest absolute Gasteiger partial charge is 0.286 e. The summed E-state index contributed by atoms with van der Waals surface area (Å²) in [5.41, 5.74) is 8.41. The second-order valence-corrected chi connectivity index (χ2v) is 18.7. The van der Waals surface area contributed by atoms with Crippen LogP contribution in [0.1, 0.15) is 33.6 Å². The zero-order chi connectivity index (χ0) is 48.3. The zero-order valence-electron chi connectivity index (χ0n) is 38.1. The van der Waals surface area contributed by atoms with Gasteiger partial charge in [0.1, 0.15) is 44.1 Å². The molecule has 1 fully saturated rings. The van der Waals surface area contributed by atoms with Gasteiger partial charge in [0.15, 0.2) is 24.6 Å². The first kappa shape index (κ1) is 48.6. The van der Waals surface area contributed by atoms with Gasteiger partial charge in [0.05, 0.1) is 74.9 Å². The Hall–Kier alpha value is -7.38. The predicted octanol–water partition coefficient (Wildman–Crippen LogP) is 5.78. The highest BCUT2D eigenvalue weighted by Gasteiger charge is 2.16. The molecule has 0 atom stereocenters. The molecular formula is C50H52N8O8S2. The topological polar surface area (TPSA) is 182 Å². The highest BCUT2D eigenvalue weighted by Crippen LogP contribution is 2.17. The van der Waals surface area contributed by atoms with E-state index in [-0.39, 0.29) is 9.79 Å². The second-order valence-electron chi connectivity index (χ2n) is 15.9. The van der Waals surface area contributed by atoms with Crippen molar-refractivity contribution in [1.29, 1.82) is 0 Å². The van der Waals surface area contributed by atoms with Crippen LogP contribution in [-0.4, -0.2) is 83.7 Å². The van der Waals surface area contributed by atoms with Gasteiger partial charge in [0, 0.05) is 12.1 Å². The number of hydrogen-bond donors (Lipinski definition) is 0. The van der Waals surface area contributed by atoms with Crippen molar-refractivity contribution < 1.29 is 44.2 Å². The lowest BCUT2D eigenvalue weighted by atomic mass is 10.2. The molecule has 0 saturated carbocycles. The first-order valence-corrected chi connectivity index (χ1v) is 24.4. The van der Waals surface area contributed by atoms with Crippen LogP contribution in [0.15, 0.2) is 178 Å². The molecule has 5 heterocycles. The van der Waals surface area contributed by atoms with Gasteiger partial charge >= 0.3 is 0 Å². The Morgan fingerprint density at radius 1 is 0.529 bits per heavy atom. The van der Waals surface area contributed by atoms with Gasteiger partial charge in [-0.15, -0.1) is 0 Å². The quantitative estimate of drug-likeness (QED) is 0.0827. The summed E-state index contributed by atoms with van der Waals surface area (Å²) in [6.45, 7) is 7.92. The third-order valence-electron chi connectivity index (χ3n) is 11.0. The molecule has 1 aliphatic rings. The van der Waals surface area contributed by atoms with Gasteiger partial charge in [-0.2, -0.15) is 10.2 Å². The lowest BCUT2D eigenvalue weighted by molar-refractivity contribution is -0.511. The van der Waals surface area contributed by atoms with Crippen molar-refractivity contribution in [3.05, 3.63) is 192 Å². The Kier molecular flexibility index (Phi) is 15.7.